The van der Waals surface area contributed by atoms with Gasteiger partial charge in [-0.05, 0) is 32.0 Å². The minimum absolute atomic E-state index is 0.0733. The first kappa shape index (κ1) is 19.4. The van der Waals surface area contributed by atoms with Gasteiger partial charge in [-0.15, -0.1) is 0 Å². The molecule has 7 heteroatoms. The van der Waals surface area contributed by atoms with Gasteiger partial charge in [0, 0.05) is 16.5 Å². The normalized spacial score (nSPS) is 12.3. The second-order valence-corrected chi connectivity index (χ2v) is 6.59. The van der Waals surface area contributed by atoms with Crippen molar-refractivity contribution in [1.82, 2.24) is 4.98 Å². The maximum Gasteiger partial charge on any atom is 0.339 e. The highest BCUT2D eigenvalue weighted by atomic mass is 16.5. The fourth-order valence-corrected chi connectivity index (χ4v) is 3.55. The molecule has 0 bridgehead atoms. The number of rotatable bonds is 4. The molecule has 1 aliphatic rings. The molecule has 0 aliphatic heterocycles. The number of hydrogen-bond donors (Lipinski definition) is 0. The summed E-state index contributed by atoms with van der Waals surface area (Å²) in [5, 5.41) is 0.248. The monoisotopic (exact) mass is 403 g/mol. The molecule has 1 heterocycles. The third-order valence-electron chi connectivity index (χ3n) is 4.83. The Balaban J connectivity index is 2.05. The molecule has 0 N–H and O–H groups in total. The SMILES string of the molecule is CCOC(=O)c1ccc2nc3c(c(C(=O)OCC)c2c1)C(=O)c1ccccc1C3=O. The molecule has 0 saturated carbocycles. The van der Waals surface area contributed by atoms with Crippen LogP contribution in [-0.2, 0) is 9.47 Å². The number of esters is 2. The highest BCUT2D eigenvalue weighted by molar-refractivity contribution is 6.31. The van der Waals surface area contributed by atoms with E-state index in [2.05, 4.69) is 4.98 Å². The standard InChI is InChI=1S/C23H17NO6/c1-3-29-22(27)12-9-10-16-15(11-12)17(23(28)30-4-2)18-19(24-16)21(26)14-8-6-5-7-13(14)20(18)25/h5-11H,3-4H2,1-2H3. The van der Waals surface area contributed by atoms with Gasteiger partial charge in [0.1, 0.15) is 5.69 Å². The summed E-state index contributed by atoms with van der Waals surface area (Å²) in [7, 11) is 0. The molecule has 4 rings (SSSR count). The Labute approximate surface area is 171 Å². The Morgan fingerprint density at radius 3 is 2.17 bits per heavy atom. The van der Waals surface area contributed by atoms with Gasteiger partial charge in [0.2, 0.25) is 5.78 Å². The first-order valence-electron chi connectivity index (χ1n) is 9.48. The maximum atomic E-state index is 13.3. The van der Waals surface area contributed by atoms with Crippen LogP contribution < -0.4 is 0 Å². The van der Waals surface area contributed by atoms with Crippen molar-refractivity contribution in [2.45, 2.75) is 13.8 Å². The van der Waals surface area contributed by atoms with E-state index in [4.69, 9.17) is 9.47 Å². The van der Waals surface area contributed by atoms with E-state index in [1.54, 1.807) is 32.0 Å². The zero-order chi connectivity index (χ0) is 21.4. The smallest absolute Gasteiger partial charge is 0.339 e. The van der Waals surface area contributed by atoms with Crippen molar-refractivity contribution in [1.29, 1.82) is 0 Å². The minimum Gasteiger partial charge on any atom is -0.462 e. The molecule has 7 nitrogen and oxygen atoms in total. The summed E-state index contributed by atoms with van der Waals surface area (Å²) in [4.78, 5) is 55.7. The largest absolute Gasteiger partial charge is 0.462 e. The van der Waals surface area contributed by atoms with Crippen LogP contribution in [-0.4, -0.2) is 41.7 Å². The molecule has 0 spiro atoms. The lowest BCUT2D eigenvalue weighted by molar-refractivity contribution is 0.0514. The van der Waals surface area contributed by atoms with Gasteiger partial charge in [-0.25, -0.2) is 14.6 Å². The predicted molar refractivity (Wildman–Crippen MR) is 107 cm³/mol. The molecular weight excluding hydrogens is 386 g/mol. The zero-order valence-electron chi connectivity index (χ0n) is 16.4. The number of ketones is 2. The summed E-state index contributed by atoms with van der Waals surface area (Å²) in [5.41, 5.74) is 0.653. The Morgan fingerprint density at radius 1 is 0.867 bits per heavy atom. The van der Waals surface area contributed by atoms with E-state index in [1.165, 1.54) is 24.3 Å². The fourth-order valence-electron chi connectivity index (χ4n) is 3.55. The topological polar surface area (TPSA) is 99.6 Å². The van der Waals surface area contributed by atoms with Crippen molar-refractivity contribution in [2.75, 3.05) is 13.2 Å². The first-order chi connectivity index (χ1) is 14.5. The van der Waals surface area contributed by atoms with Crippen molar-refractivity contribution < 1.29 is 28.7 Å². The number of hydrogen-bond acceptors (Lipinski definition) is 7. The maximum absolute atomic E-state index is 13.3. The Bertz CT molecular complexity index is 1240. The molecule has 30 heavy (non-hydrogen) atoms. The average molecular weight is 403 g/mol. The van der Waals surface area contributed by atoms with Gasteiger partial charge in [-0.3, -0.25) is 9.59 Å². The van der Waals surface area contributed by atoms with Crippen LogP contribution in [0.15, 0.2) is 42.5 Å². The van der Waals surface area contributed by atoms with Crippen LogP contribution in [0.3, 0.4) is 0 Å². The van der Waals surface area contributed by atoms with E-state index in [1.807, 2.05) is 0 Å². The molecule has 1 aromatic heterocycles. The average Bonchev–Trinajstić information content (AvgIpc) is 2.76. The molecule has 0 fully saturated rings. The first-order valence-corrected chi connectivity index (χ1v) is 9.48. The van der Waals surface area contributed by atoms with Crippen molar-refractivity contribution in [3.8, 4) is 0 Å². The summed E-state index contributed by atoms with van der Waals surface area (Å²) < 4.78 is 10.2. The molecule has 0 amide bonds. The number of nitrogens with zero attached hydrogens (tertiary/aromatic N) is 1. The Hall–Kier alpha value is -3.87. The van der Waals surface area contributed by atoms with Crippen LogP contribution >= 0.6 is 0 Å². The van der Waals surface area contributed by atoms with Gasteiger partial charge in [0.05, 0.1) is 35.4 Å². The van der Waals surface area contributed by atoms with Crippen molar-refractivity contribution in [3.63, 3.8) is 0 Å². The predicted octanol–water partition coefficient (Wildman–Crippen LogP) is 3.36. The molecule has 150 valence electrons. The quantitative estimate of drug-likeness (QED) is 0.482. The number of benzene rings is 2. The number of pyridine rings is 1. The molecule has 0 saturated heterocycles. The van der Waals surface area contributed by atoms with E-state index < -0.39 is 23.5 Å². The second-order valence-electron chi connectivity index (χ2n) is 6.59. The molecule has 0 atom stereocenters. The third kappa shape index (κ3) is 2.95. The van der Waals surface area contributed by atoms with Gasteiger partial charge >= 0.3 is 11.9 Å². The number of fused-ring (bicyclic) bond motifs is 3. The molecule has 0 radical (unpaired) electrons. The number of carbonyl (C=O) groups excluding carboxylic acids is 4. The minimum atomic E-state index is -0.761. The van der Waals surface area contributed by atoms with E-state index in [0.29, 0.717) is 5.52 Å². The Kier molecular flexibility index (Phi) is 4.87. The molecular formula is C23H17NO6. The summed E-state index contributed by atoms with van der Waals surface area (Å²) in [6, 6.07) is 10.8. The van der Waals surface area contributed by atoms with Gasteiger partial charge in [-0.2, -0.15) is 0 Å². The fraction of sp³-hybridized carbons (Fsp3) is 0.174. The molecule has 0 unspecified atom stereocenters. The van der Waals surface area contributed by atoms with Crippen LogP contribution in [0.25, 0.3) is 10.9 Å². The third-order valence-corrected chi connectivity index (χ3v) is 4.83. The number of ether oxygens (including phenoxy) is 2. The lowest BCUT2D eigenvalue weighted by atomic mass is 9.83. The van der Waals surface area contributed by atoms with Crippen molar-refractivity contribution >= 4 is 34.4 Å². The lowest BCUT2D eigenvalue weighted by Crippen LogP contribution is -2.26. The Morgan fingerprint density at radius 2 is 1.50 bits per heavy atom. The zero-order valence-corrected chi connectivity index (χ0v) is 16.4. The van der Waals surface area contributed by atoms with Crippen molar-refractivity contribution in [2.24, 2.45) is 0 Å². The van der Waals surface area contributed by atoms with E-state index in [0.717, 1.165) is 0 Å². The van der Waals surface area contributed by atoms with E-state index in [-0.39, 0.29) is 52.1 Å². The van der Waals surface area contributed by atoms with E-state index in [9.17, 15) is 19.2 Å². The number of aromatic nitrogens is 1. The number of carbonyl (C=O) groups is 4. The van der Waals surface area contributed by atoms with Crippen LogP contribution in [0, 0.1) is 0 Å². The van der Waals surface area contributed by atoms with Crippen molar-refractivity contribution in [3.05, 3.63) is 76.0 Å². The van der Waals surface area contributed by atoms with E-state index >= 15 is 0 Å². The van der Waals surface area contributed by atoms with Crippen LogP contribution in [0.5, 0.6) is 0 Å². The van der Waals surface area contributed by atoms with Gasteiger partial charge in [0.15, 0.2) is 5.78 Å². The summed E-state index contributed by atoms with van der Waals surface area (Å²) in [5.74, 6) is -2.26. The summed E-state index contributed by atoms with van der Waals surface area (Å²) >= 11 is 0. The van der Waals surface area contributed by atoms with Gasteiger partial charge in [-0.1, -0.05) is 24.3 Å². The molecule has 3 aromatic rings. The van der Waals surface area contributed by atoms with Crippen LogP contribution in [0.4, 0.5) is 0 Å². The van der Waals surface area contributed by atoms with Crippen LogP contribution in [0.2, 0.25) is 0 Å². The lowest BCUT2D eigenvalue weighted by Gasteiger charge is -2.20. The van der Waals surface area contributed by atoms with Crippen LogP contribution in [0.1, 0.15) is 66.5 Å². The second kappa shape index (κ2) is 7.51. The molecule has 2 aromatic carbocycles. The van der Waals surface area contributed by atoms with Gasteiger partial charge in [0.25, 0.3) is 0 Å². The summed E-state index contributed by atoms with van der Waals surface area (Å²) in [6.07, 6.45) is 0. The highest BCUT2D eigenvalue weighted by Crippen LogP contribution is 2.33. The van der Waals surface area contributed by atoms with Gasteiger partial charge < -0.3 is 9.47 Å². The molecule has 1 aliphatic carbocycles. The summed E-state index contributed by atoms with van der Waals surface area (Å²) in [6.45, 7) is 3.59. The highest BCUT2D eigenvalue weighted by Gasteiger charge is 2.36.